The van der Waals surface area contributed by atoms with Crippen LogP contribution in [-0.4, -0.2) is 47.1 Å². The molecule has 0 bridgehead atoms. The predicted molar refractivity (Wildman–Crippen MR) is 67.0 cm³/mol. The van der Waals surface area contributed by atoms with Crippen molar-refractivity contribution in [2.45, 2.75) is 25.1 Å². The standard InChI is InChI=1S/C9H15N3O6S/c1-5(13)8(19)7(11-6(2)14)9(15)10-3-4-18-12(16)17/h7-8,19H,3-4H2,1-2H3,(H,10,15)(H,11,14). The van der Waals surface area contributed by atoms with Gasteiger partial charge in [-0.25, -0.2) is 0 Å². The number of ketones is 1. The molecule has 0 aliphatic heterocycles. The molecule has 0 spiro atoms. The molecule has 0 aromatic carbocycles. The molecule has 0 aliphatic carbocycles. The molecule has 19 heavy (non-hydrogen) atoms. The second kappa shape index (κ2) is 8.29. The molecule has 2 N–H and O–H groups in total. The molecule has 2 amide bonds. The number of carbonyl (C=O) groups is 3. The van der Waals surface area contributed by atoms with Gasteiger partial charge in [-0.3, -0.25) is 14.4 Å². The molecule has 10 heteroatoms. The van der Waals surface area contributed by atoms with Gasteiger partial charge in [-0.15, -0.1) is 10.1 Å². The Bertz CT molecular complexity index is 375. The van der Waals surface area contributed by atoms with Crippen molar-refractivity contribution in [2.75, 3.05) is 13.2 Å². The van der Waals surface area contributed by atoms with Gasteiger partial charge in [-0.1, -0.05) is 0 Å². The lowest BCUT2D eigenvalue weighted by atomic mass is 10.1. The van der Waals surface area contributed by atoms with Crippen molar-refractivity contribution < 1.29 is 24.3 Å². The zero-order valence-corrected chi connectivity index (χ0v) is 11.3. The Hall–Kier alpha value is -1.84. The Morgan fingerprint density at radius 2 is 1.95 bits per heavy atom. The van der Waals surface area contributed by atoms with E-state index in [4.69, 9.17) is 0 Å². The van der Waals surface area contributed by atoms with Gasteiger partial charge < -0.3 is 15.5 Å². The Morgan fingerprint density at radius 3 is 2.37 bits per heavy atom. The van der Waals surface area contributed by atoms with E-state index in [0.717, 1.165) is 0 Å². The van der Waals surface area contributed by atoms with Crippen molar-refractivity contribution in [2.24, 2.45) is 0 Å². The summed E-state index contributed by atoms with van der Waals surface area (Å²) in [6, 6.07) is -1.14. The first-order chi connectivity index (χ1) is 8.75. The van der Waals surface area contributed by atoms with Gasteiger partial charge >= 0.3 is 0 Å². The third-order valence-corrected chi connectivity index (χ3v) is 2.63. The number of nitrogens with zero attached hydrogens (tertiary/aromatic N) is 1. The first-order valence-corrected chi connectivity index (χ1v) is 5.78. The lowest BCUT2D eigenvalue weighted by molar-refractivity contribution is -0.757. The van der Waals surface area contributed by atoms with Crippen molar-refractivity contribution in [3.63, 3.8) is 0 Å². The normalized spacial score (nSPS) is 13.0. The maximum absolute atomic E-state index is 11.7. The molecule has 0 aliphatic rings. The van der Waals surface area contributed by atoms with Gasteiger partial charge in [0.05, 0.1) is 5.25 Å². The van der Waals surface area contributed by atoms with Gasteiger partial charge in [0.15, 0.2) is 0 Å². The highest BCUT2D eigenvalue weighted by Gasteiger charge is 2.29. The minimum atomic E-state index is -1.14. The van der Waals surface area contributed by atoms with Crippen LogP contribution < -0.4 is 10.6 Å². The molecule has 108 valence electrons. The van der Waals surface area contributed by atoms with Crippen molar-refractivity contribution in [1.29, 1.82) is 0 Å². The van der Waals surface area contributed by atoms with E-state index in [-0.39, 0.29) is 13.2 Å². The average Bonchev–Trinajstić information content (AvgIpc) is 2.29. The van der Waals surface area contributed by atoms with Gasteiger partial charge in [-0.2, -0.15) is 12.6 Å². The maximum Gasteiger partial charge on any atom is 0.294 e. The van der Waals surface area contributed by atoms with E-state index >= 15 is 0 Å². The van der Waals surface area contributed by atoms with E-state index in [2.05, 4.69) is 28.1 Å². The summed E-state index contributed by atoms with van der Waals surface area (Å²) in [5.74, 6) is -1.56. The van der Waals surface area contributed by atoms with E-state index in [1.165, 1.54) is 13.8 Å². The zero-order chi connectivity index (χ0) is 15.0. The smallest absolute Gasteiger partial charge is 0.294 e. The summed E-state index contributed by atoms with van der Waals surface area (Å²) in [5.41, 5.74) is 0. The van der Waals surface area contributed by atoms with E-state index in [1.807, 2.05) is 0 Å². The molecule has 2 unspecified atom stereocenters. The SMILES string of the molecule is CC(=O)NC(C(=O)NCCO[N+](=O)[O-])C(S)C(C)=O. The third-order valence-electron chi connectivity index (χ3n) is 1.97. The largest absolute Gasteiger partial charge is 0.352 e. The number of nitrogens with one attached hydrogen (secondary N) is 2. The Balaban J connectivity index is 4.42. The summed E-state index contributed by atoms with van der Waals surface area (Å²) in [6.07, 6.45) is 0. The van der Waals surface area contributed by atoms with E-state index in [1.54, 1.807) is 0 Å². The van der Waals surface area contributed by atoms with Gasteiger partial charge in [0.2, 0.25) is 11.8 Å². The van der Waals surface area contributed by atoms with E-state index < -0.39 is 34.0 Å². The van der Waals surface area contributed by atoms with Crippen LogP contribution in [-0.2, 0) is 19.2 Å². The number of amides is 2. The first kappa shape index (κ1) is 17.2. The fourth-order valence-electron chi connectivity index (χ4n) is 1.15. The molecule has 0 saturated heterocycles. The van der Waals surface area contributed by atoms with Crippen LogP contribution in [0.4, 0.5) is 0 Å². The molecule has 0 saturated carbocycles. The second-order valence-electron chi connectivity index (χ2n) is 3.58. The van der Waals surface area contributed by atoms with Crippen LogP contribution in [0.3, 0.4) is 0 Å². The molecule has 2 atom stereocenters. The van der Waals surface area contributed by atoms with Crippen LogP contribution in [0.15, 0.2) is 0 Å². The highest BCUT2D eigenvalue weighted by atomic mass is 32.1. The highest BCUT2D eigenvalue weighted by molar-refractivity contribution is 7.82. The molecule has 0 fully saturated rings. The summed E-state index contributed by atoms with van der Waals surface area (Å²) >= 11 is 3.95. The summed E-state index contributed by atoms with van der Waals surface area (Å²) < 4.78 is 0. The van der Waals surface area contributed by atoms with Crippen LogP contribution in [0, 0.1) is 10.1 Å². The van der Waals surface area contributed by atoms with Crippen LogP contribution in [0.5, 0.6) is 0 Å². The van der Waals surface area contributed by atoms with Gasteiger partial charge in [-0.05, 0) is 6.92 Å². The lowest BCUT2D eigenvalue weighted by Gasteiger charge is -2.21. The summed E-state index contributed by atoms with van der Waals surface area (Å²) in [7, 11) is 0. The topological polar surface area (TPSA) is 128 Å². The number of carbonyl (C=O) groups excluding carboxylic acids is 3. The molecular formula is C9H15N3O6S. The summed E-state index contributed by atoms with van der Waals surface area (Å²) in [5, 5.41) is 12.5. The molecule has 0 heterocycles. The van der Waals surface area contributed by atoms with Crippen LogP contribution in [0.1, 0.15) is 13.8 Å². The van der Waals surface area contributed by atoms with Gasteiger partial charge in [0, 0.05) is 13.5 Å². The number of thiol groups is 1. The number of hydrogen-bond donors (Lipinski definition) is 3. The fourth-order valence-corrected chi connectivity index (χ4v) is 1.36. The van der Waals surface area contributed by atoms with E-state index in [0.29, 0.717) is 0 Å². The molecule has 9 nitrogen and oxygen atoms in total. The van der Waals surface area contributed by atoms with Crippen LogP contribution in [0.25, 0.3) is 0 Å². The Labute approximate surface area is 114 Å². The predicted octanol–water partition coefficient (Wildman–Crippen LogP) is -1.30. The summed E-state index contributed by atoms with van der Waals surface area (Å²) in [4.78, 5) is 47.7. The van der Waals surface area contributed by atoms with Crippen LogP contribution in [0.2, 0.25) is 0 Å². The zero-order valence-electron chi connectivity index (χ0n) is 10.4. The third kappa shape index (κ3) is 7.24. The Kier molecular flexibility index (Phi) is 7.49. The Morgan fingerprint density at radius 1 is 1.37 bits per heavy atom. The molecule has 0 aromatic rings. The number of Topliss-reactive ketones (excluding diaryl/α,β-unsaturated/α-hetero) is 1. The van der Waals surface area contributed by atoms with Crippen LogP contribution >= 0.6 is 12.6 Å². The van der Waals surface area contributed by atoms with Gasteiger partial charge in [0.25, 0.3) is 5.09 Å². The quantitative estimate of drug-likeness (QED) is 0.221. The minimum Gasteiger partial charge on any atom is -0.352 e. The van der Waals surface area contributed by atoms with Crippen molar-refractivity contribution in [3.8, 4) is 0 Å². The lowest BCUT2D eigenvalue weighted by Crippen LogP contribution is -2.53. The van der Waals surface area contributed by atoms with E-state index in [9.17, 15) is 24.5 Å². The molecule has 0 radical (unpaired) electrons. The second-order valence-corrected chi connectivity index (χ2v) is 4.14. The summed E-state index contributed by atoms with van der Waals surface area (Å²) in [6.45, 7) is 1.96. The monoisotopic (exact) mass is 293 g/mol. The first-order valence-electron chi connectivity index (χ1n) is 5.26. The number of hydrogen-bond acceptors (Lipinski definition) is 7. The van der Waals surface area contributed by atoms with Crippen molar-refractivity contribution in [3.05, 3.63) is 10.1 Å². The van der Waals surface area contributed by atoms with Crippen molar-refractivity contribution >= 4 is 30.2 Å². The van der Waals surface area contributed by atoms with Crippen molar-refractivity contribution in [1.82, 2.24) is 10.6 Å². The highest BCUT2D eigenvalue weighted by Crippen LogP contribution is 2.04. The number of rotatable bonds is 8. The molecule has 0 rings (SSSR count). The average molecular weight is 293 g/mol. The maximum atomic E-state index is 11.7. The van der Waals surface area contributed by atoms with Gasteiger partial charge in [0.1, 0.15) is 18.4 Å². The fraction of sp³-hybridized carbons (Fsp3) is 0.667. The molecule has 0 aromatic heterocycles. The molecular weight excluding hydrogens is 278 g/mol. The minimum absolute atomic E-state index is 0.131.